The molecule has 0 aliphatic carbocycles. The maximum absolute atomic E-state index is 11.8. The van der Waals surface area contributed by atoms with Crippen LogP contribution in [0.25, 0.3) is 0 Å². The second-order valence-corrected chi connectivity index (χ2v) is 6.84. The lowest BCUT2D eigenvalue weighted by molar-refractivity contribution is -0.384. The maximum atomic E-state index is 11.8. The lowest BCUT2D eigenvalue weighted by atomic mass is 10.0. The number of benzene rings is 1. The molecule has 0 unspecified atom stereocenters. The number of nitro groups is 1. The first-order chi connectivity index (χ1) is 12.4. The summed E-state index contributed by atoms with van der Waals surface area (Å²) in [5.74, 6) is -0.385. The molecule has 2 aliphatic rings. The zero-order valence-electron chi connectivity index (χ0n) is 15.1. The minimum absolute atomic E-state index is 0.0384. The molecule has 1 aromatic carbocycles. The molecule has 8 nitrogen and oxygen atoms in total. The number of anilines is 2. The SMILES string of the molecule is C=CC(=O)Nc1cc([N+](=O)[O-])cc(C)c1N1CCN(C2COC2)C[C@@H]1C. The van der Waals surface area contributed by atoms with Crippen molar-refractivity contribution in [1.29, 1.82) is 0 Å². The minimum atomic E-state index is -0.446. The highest BCUT2D eigenvalue weighted by Gasteiger charge is 2.33. The number of carbonyl (C=O) groups is 1. The van der Waals surface area contributed by atoms with Gasteiger partial charge in [-0.25, -0.2) is 0 Å². The number of ether oxygens (including phenoxy) is 1. The van der Waals surface area contributed by atoms with E-state index in [2.05, 4.69) is 28.6 Å². The quantitative estimate of drug-likeness (QED) is 0.490. The molecule has 2 aliphatic heterocycles. The Labute approximate surface area is 152 Å². The van der Waals surface area contributed by atoms with E-state index in [1.165, 1.54) is 6.07 Å². The van der Waals surface area contributed by atoms with E-state index in [9.17, 15) is 14.9 Å². The first-order valence-corrected chi connectivity index (χ1v) is 8.71. The Hall–Kier alpha value is -2.45. The molecule has 0 bridgehead atoms. The summed E-state index contributed by atoms with van der Waals surface area (Å²) in [5.41, 5.74) is 2.02. The van der Waals surface area contributed by atoms with Crippen molar-refractivity contribution >= 4 is 23.0 Å². The Morgan fingerprint density at radius 2 is 2.15 bits per heavy atom. The molecule has 0 aromatic heterocycles. The zero-order valence-corrected chi connectivity index (χ0v) is 15.1. The number of hydrogen-bond donors (Lipinski definition) is 1. The smallest absolute Gasteiger partial charge is 0.271 e. The number of nitrogens with one attached hydrogen (secondary N) is 1. The van der Waals surface area contributed by atoms with Crippen LogP contribution in [-0.4, -0.2) is 60.7 Å². The van der Waals surface area contributed by atoms with Gasteiger partial charge in [0.1, 0.15) is 0 Å². The van der Waals surface area contributed by atoms with E-state index in [1.807, 2.05) is 6.92 Å². The largest absolute Gasteiger partial charge is 0.378 e. The first-order valence-electron chi connectivity index (χ1n) is 8.71. The third-order valence-electron chi connectivity index (χ3n) is 5.02. The fraction of sp³-hybridized carbons (Fsp3) is 0.500. The summed E-state index contributed by atoms with van der Waals surface area (Å²) in [4.78, 5) is 27.2. The zero-order chi connectivity index (χ0) is 18.8. The average molecular weight is 360 g/mol. The first kappa shape index (κ1) is 18.3. The van der Waals surface area contributed by atoms with Crippen LogP contribution in [0.3, 0.4) is 0 Å². The lowest BCUT2D eigenvalue weighted by Crippen LogP contribution is -2.59. The van der Waals surface area contributed by atoms with Gasteiger partial charge in [0.25, 0.3) is 5.69 Å². The summed E-state index contributed by atoms with van der Waals surface area (Å²) in [6, 6.07) is 3.67. The summed E-state index contributed by atoms with van der Waals surface area (Å²) >= 11 is 0. The van der Waals surface area contributed by atoms with Crippen LogP contribution in [-0.2, 0) is 9.53 Å². The van der Waals surface area contributed by atoms with Gasteiger partial charge in [0.15, 0.2) is 0 Å². The molecule has 1 aromatic rings. The Morgan fingerprint density at radius 3 is 2.69 bits per heavy atom. The molecule has 26 heavy (non-hydrogen) atoms. The van der Waals surface area contributed by atoms with Crippen LogP contribution in [0.15, 0.2) is 24.8 Å². The van der Waals surface area contributed by atoms with Gasteiger partial charge in [-0.2, -0.15) is 0 Å². The molecule has 0 saturated carbocycles. The molecule has 1 amide bonds. The number of nitrogens with zero attached hydrogens (tertiary/aromatic N) is 3. The Morgan fingerprint density at radius 1 is 1.42 bits per heavy atom. The normalized spacial score (nSPS) is 21.2. The molecule has 2 saturated heterocycles. The number of nitro benzene ring substituents is 1. The van der Waals surface area contributed by atoms with Crippen LogP contribution in [0.5, 0.6) is 0 Å². The highest BCUT2D eigenvalue weighted by molar-refractivity contribution is 6.02. The van der Waals surface area contributed by atoms with Crippen LogP contribution >= 0.6 is 0 Å². The van der Waals surface area contributed by atoms with Crippen LogP contribution in [0, 0.1) is 17.0 Å². The third-order valence-corrected chi connectivity index (χ3v) is 5.02. The minimum Gasteiger partial charge on any atom is -0.378 e. The van der Waals surface area contributed by atoms with E-state index in [0.29, 0.717) is 11.7 Å². The Kier molecular flexibility index (Phi) is 5.24. The molecule has 2 heterocycles. The predicted molar refractivity (Wildman–Crippen MR) is 99.6 cm³/mol. The third kappa shape index (κ3) is 3.56. The highest BCUT2D eigenvalue weighted by atomic mass is 16.6. The van der Waals surface area contributed by atoms with Gasteiger partial charge in [-0.3, -0.25) is 19.8 Å². The maximum Gasteiger partial charge on any atom is 0.271 e. The van der Waals surface area contributed by atoms with Crippen LogP contribution in [0.1, 0.15) is 12.5 Å². The molecule has 8 heteroatoms. The van der Waals surface area contributed by atoms with Gasteiger partial charge in [-0.15, -0.1) is 0 Å². The second-order valence-electron chi connectivity index (χ2n) is 6.84. The van der Waals surface area contributed by atoms with Gasteiger partial charge >= 0.3 is 0 Å². The topological polar surface area (TPSA) is 87.9 Å². The number of aryl methyl sites for hydroxylation is 1. The van der Waals surface area contributed by atoms with E-state index >= 15 is 0 Å². The number of hydrogen-bond acceptors (Lipinski definition) is 6. The van der Waals surface area contributed by atoms with Crippen molar-refractivity contribution in [3.63, 3.8) is 0 Å². The van der Waals surface area contributed by atoms with Gasteiger partial charge < -0.3 is 15.0 Å². The molecular weight excluding hydrogens is 336 g/mol. The number of amides is 1. The predicted octanol–water partition coefficient (Wildman–Crippen LogP) is 1.94. The van der Waals surface area contributed by atoms with Crippen molar-refractivity contribution in [2.24, 2.45) is 0 Å². The standard InChI is InChI=1S/C18H24N4O4/c1-4-17(23)19-16-8-14(22(24)25)7-12(2)18(16)21-6-5-20(9-13(21)3)15-10-26-11-15/h4,7-8,13,15H,1,5-6,9-11H2,2-3H3,(H,19,23)/t13-/m0/s1. The van der Waals surface area contributed by atoms with Crippen LogP contribution in [0.4, 0.5) is 17.1 Å². The average Bonchev–Trinajstić information content (AvgIpc) is 2.54. The van der Waals surface area contributed by atoms with E-state index in [-0.39, 0.29) is 17.6 Å². The molecular formula is C18H24N4O4. The number of carbonyl (C=O) groups excluding carboxylic acids is 1. The Bertz CT molecular complexity index is 732. The van der Waals surface area contributed by atoms with Gasteiger partial charge in [0, 0.05) is 37.8 Å². The van der Waals surface area contributed by atoms with Gasteiger partial charge in [-0.1, -0.05) is 6.58 Å². The van der Waals surface area contributed by atoms with Crippen LogP contribution < -0.4 is 10.2 Å². The van der Waals surface area contributed by atoms with E-state index in [0.717, 1.165) is 50.2 Å². The summed E-state index contributed by atoms with van der Waals surface area (Å²) in [7, 11) is 0. The van der Waals surface area contributed by atoms with Crippen LogP contribution in [0.2, 0.25) is 0 Å². The fourth-order valence-corrected chi connectivity index (χ4v) is 3.61. The van der Waals surface area contributed by atoms with Crippen molar-refractivity contribution in [3.05, 3.63) is 40.5 Å². The Balaban J connectivity index is 1.90. The van der Waals surface area contributed by atoms with E-state index in [1.54, 1.807) is 6.07 Å². The molecule has 3 rings (SSSR count). The van der Waals surface area contributed by atoms with Crippen molar-refractivity contribution in [1.82, 2.24) is 4.90 Å². The molecule has 0 radical (unpaired) electrons. The fourth-order valence-electron chi connectivity index (χ4n) is 3.61. The summed E-state index contributed by atoms with van der Waals surface area (Å²) in [5, 5.41) is 13.9. The number of non-ortho nitro benzene ring substituents is 1. The van der Waals surface area contributed by atoms with E-state index < -0.39 is 4.92 Å². The number of rotatable bonds is 5. The van der Waals surface area contributed by atoms with Crippen molar-refractivity contribution in [2.45, 2.75) is 25.9 Å². The lowest BCUT2D eigenvalue weighted by Gasteiger charge is -2.47. The molecule has 0 spiro atoms. The monoisotopic (exact) mass is 360 g/mol. The molecule has 140 valence electrons. The van der Waals surface area contributed by atoms with E-state index in [4.69, 9.17) is 4.74 Å². The summed E-state index contributed by atoms with van der Waals surface area (Å²) < 4.78 is 5.29. The molecule has 1 N–H and O–H groups in total. The van der Waals surface area contributed by atoms with Crippen molar-refractivity contribution in [3.8, 4) is 0 Å². The van der Waals surface area contributed by atoms with Gasteiger partial charge in [0.05, 0.1) is 35.6 Å². The highest BCUT2D eigenvalue weighted by Crippen LogP contribution is 2.36. The second kappa shape index (κ2) is 7.43. The molecule has 2 fully saturated rings. The summed E-state index contributed by atoms with van der Waals surface area (Å²) in [6.07, 6.45) is 1.16. The number of piperazine rings is 1. The van der Waals surface area contributed by atoms with Crippen molar-refractivity contribution in [2.75, 3.05) is 43.1 Å². The van der Waals surface area contributed by atoms with Gasteiger partial charge in [-0.05, 0) is 25.5 Å². The summed E-state index contributed by atoms with van der Waals surface area (Å²) in [6.45, 7) is 11.6. The van der Waals surface area contributed by atoms with Gasteiger partial charge in [0.2, 0.25) is 5.91 Å². The molecule has 1 atom stereocenters. The van der Waals surface area contributed by atoms with Crippen molar-refractivity contribution < 1.29 is 14.5 Å².